The van der Waals surface area contributed by atoms with Crippen molar-refractivity contribution in [2.24, 2.45) is 0 Å². The summed E-state index contributed by atoms with van der Waals surface area (Å²) < 4.78 is 16.1. The molecule has 0 bridgehead atoms. The highest BCUT2D eigenvalue weighted by Gasteiger charge is 2.20. The third-order valence-corrected chi connectivity index (χ3v) is 4.59. The van der Waals surface area contributed by atoms with Gasteiger partial charge in [-0.2, -0.15) is 0 Å². The zero-order valence-corrected chi connectivity index (χ0v) is 18.0. The second kappa shape index (κ2) is 10.6. The number of nitrogens with one attached hydrogen (secondary N) is 2. The Morgan fingerprint density at radius 2 is 1.79 bits per heavy atom. The van der Waals surface area contributed by atoms with E-state index in [9.17, 15) is 9.59 Å². The number of hydrogen-bond acceptors (Lipinski definition) is 8. The Morgan fingerprint density at radius 3 is 2.41 bits per heavy atom. The number of ether oxygens (including phenoxy) is 3. The molecule has 0 radical (unpaired) electrons. The lowest BCUT2D eigenvalue weighted by molar-refractivity contribution is 0.0945. The largest absolute Gasteiger partial charge is 0.493 e. The first-order valence-electron chi connectivity index (χ1n) is 8.98. The second-order valence-electron chi connectivity index (χ2n) is 6.19. The van der Waals surface area contributed by atoms with Gasteiger partial charge in [-0.25, -0.2) is 4.98 Å². The minimum atomic E-state index is -0.427. The van der Waals surface area contributed by atoms with Crippen LogP contribution in [0.3, 0.4) is 0 Å². The molecule has 2 rings (SSSR count). The number of anilines is 1. The van der Waals surface area contributed by atoms with Crippen molar-refractivity contribution in [3.05, 3.63) is 28.8 Å². The molecule has 0 spiro atoms. The summed E-state index contributed by atoms with van der Waals surface area (Å²) in [6, 6.07) is 3.14. The summed E-state index contributed by atoms with van der Waals surface area (Å²) >= 11 is 1.17. The molecule has 0 saturated heterocycles. The maximum absolute atomic E-state index is 12.8. The van der Waals surface area contributed by atoms with Gasteiger partial charge in [0.25, 0.3) is 11.8 Å². The van der Waals surface area contributed by atoms with Gasteiger partial charge in [-0.3, -0.25) is 14.9 Å². The van der Waals surface area contributed by atoms with Crippen molar-refractivity contribution in [3.8, 4) is 17.2 Å². The molecule has 0 aliphatic carbocycles. The van der Waals surface area contributed by atoms with Gasteiger partial charge < -0.3 is 24.4 Å². The van der Waals surface area contributed by atoms with Crippen LogP contribution in [0, 0.1) is 0 Å². The molecule has 10 heteroatoms. The quantitative estimate of drug-likeness (QED) is 0.604. The fourth-order valence-corrected chi connectivity index (χ4v) is 3.08. The molecule has 0 unspecified atom stereocenters. The zero-order valence-electron chi connectivity index (χ0n) is 17.2. The maximum Gasteiger partial charge on any atom is 0.270 e. The number of methoxy groups -OCH3 is 2. The molecule has 29 heavy (non-hydrogen) atoms. The van der Waals surface area contributed by atoms with Gasteiger partial charge >= 0.3 is 0 Å². The molecule has 1 heterocycles. The summed E-state index contributed by atoms with van der Waals surface area (Å²) in [6.45, 7) is 3.43. The molecule has 0 atom stereocenters. The van der Waals surface area contributed by atoms with Crippen LogP contribution in [0.1, 0.15) is 27.8 Å². The number of benzene rings is 1. The molecule has 2 N–H and O–H groups in total. The van der Waals surface area contributed by atoms with Gasteiger partial charge in [0.1, 0.15) is 11.4 Å². The van der Waals surface area contributed by atoms with Gasteiger partial charge in [0.05, 0.1) is 26.4 Å². The van der Waals surface area contributed by atoms with Crippen molar-refractivity contribution in [1.82, 2.24) is 15.2 Å². The average molecular weight is 423 g/mol. The summed E-state index contributed by atoms with van der Waals surface area (Å²) in [7, 11) is 6.84. The SMILES string of the molecule is CCOc1cc(OC)c(OC)cc1C(=O)Nc1nc(C(=O)NCCN(C)C)cs1. The lowest BCUT2D eigenvalue weighted by atomic mass is 10.1. The third-order valence-electron chi connectivity index (χ3n) is 3.83. The Labute approximate surface area is 174 Å². The maximum atomic E-state index is 12.8. The predicted molar refractivity (Wildman–Crippen MR) is 112 cm³/mol. The molecule has 0 aliphatic rings. The monoisotopic (exact) mass is 422 g/mol. The highest BCUT2D eigenvalue weighted by Crippen LogP contribution is 2.35. The zero-order chi connectivity index (χ0) is 21.4. The van der Waals surface area contributed by atoms with Crippen molar-refractivity contribution in [1.29, 1.82) is 0 Å². The molecule has 1 aromatic heterocycles. The van der Waals surface area contributed by atoms with Crippen LogP contribution in [0.25, 0.3) is 0 Å². The lowest BCUT2D eigenvalue weighted by Gasteiger charge is -2.14. The van der Waals surface area contributed by atoms with E-state index in [0.29, 0.717) is 35.5 Å². The number of carbonyl (C=O) groups is 2. The molecule has 158 valence electrons. The second-order valence-corrected chi connectivity index (χ2v) is 7.05. The van der Waals surface area contributed by atoms with Crippen LogP contribution in [0.4, 0.5) is 5.13 Å². The minimum absolute atomic E-state index is 0.251. The summed E-state index contributed by atoms with van der Waals surface area (Å²) in [5, 5.41) is 7.39. The van der Waals surface area contributed by atoms with E-state index in [1.165, 1.54) is 25.6 Å². The van der Waals surface area contributed by atoms with Crippen LogP contribution in [0.2, 0.25) is 0 Å². The first-order chi connectivity index (χ1) is 13.9. The van der Waals surface area contributed by atoms with E-state index < -0.39 is 5.91 Å². The minimum Gasteiger partial charge on any atom is -0.493 e. The molecule has 2 aromatic rings. The Balaban J connectivity index is 2.14. The molecule has 2 amide bonds. The Hall–Kier alpha value is -2.85. The summed E-state index contributed by atoms with van der Waals surface area (Å²) in [4.78, 5) is 31.1. The average Bonchev–Trinajstić information content (AvgIpc) is 3.15. The van der Waals surface area contributed by atoms with Gasteiger partial charge in [-0.1, -0.05) is 0 Å². The first kappa shape index (κ1) is 22.4. The number of likely N-dealkylation sites (N-methyl/N-ethyl adjacent to an activating group) is 1. The van der Waals surface area contributed by atoms with Crippen molar-refractivity contribution >= 4 is 28.3 Å². The lowest BCUT2D eigenvalue weighted by Crippen LogP contribution is -2.31. The summed E-state index contributed by atoms with van der Waals surface area (Å²) in [6.07, 6.45) is 0. The van der Waals surface area contributed by atoms with Crippen molar-refractivity contribution < 1.29 is 23.8 Å². The Bertz CT molecular complexity index is 853. The van der Waals surface area contributed by atoms with E-state index in [-0.39, 0.29) is 17.2 Å². The standard InChI is InChI=1S/C19H26N4O5S/c1-6-28-14-10-16(27-5)15(26-4)9-12(14)17(24)22-19-21-13(11-29-19)18(25)20-7-8-23(2)3/h9-11H,6-8H2,1-5H3,(H,20,25)(H,21,22,24). The normalized spacial score (nSPS) is 10.6. The van der Waals surface area contributed by atoms with Crippen LogP contribution in [-0.2, 0) is 0 Å². The van der Waals surface area contributed by atoms with Gasteiger partial charge in [-0.05, 0) is 21.0 Å². The van der Waals surface area contributed by atoms with E-state index in [1.807, 2.05) is 25.9 Å². The fourth-order valence-electron chi connectivity index (χ4n) is 2.40. The number of rotatable bonds is 10. The topological polar surface area (TPSA) is 102 Å². The number of amides is 2. The molecular formula is C19H26N4O5S. The highest BCUT2D eigenvalue weighted by atomic mass is 32.1. The molecular weight excluding hydrogens is 396 g/mol. The summed E-state index contributed by atoms with van der Waals surface area (Å²) in [5.41, 5.74) is 0.526. The summed E-state index contributed by atoms with van der Waals surface area (Å²) in [5.74, 6) is 0.508. The first-order valence-corrected chi connectivity index (χ1v) is 9.86. The van der Waals surface area contributed by atoms with E-state index in [2.05, 4.69) is 15.6 Å². The molecule has 0 aliphatic heterocycles. The molecule has 0 saturated carbocycles. The number of thiazole rings is 1. The van der Waals surface area contributed by atoms with Gasteiger partial charge in [0, 0.05) is 30.6 Å². The van der Waals surface area contributed by atoms with E-state index in [1.54, 1.807) is 17.5 Å². The third kappa shape index (κ3) is 6.06. The van der Waals surface area contributed by atoms with Crippen LogP contribution in [-0.4, -0.2) is 69.7 Å². The van der Waals surface area contributed by atoms with E-state index in [4.69, 9.17) is 14.2 Å². The van der Waals surface area contributed by atoms with Crippen molar-refractivity contribution in [2.75, 3.05) is 53.3 Å². The Morgan fingerprint density at radius 1 is 1.10 bits per heavy atom. The number of hydrogen-bond donors (Lipinski definition) is 2. The smallest absolute Gasteiger partial charge is 0.270 e. The van der Waals surface area contributed by atoms with Crippen LogP contribution >= 0.6 is 11.3 Å². The van der Waals surface area contributed by atoms with Crippen molar-refractivity contribution in [3.63, 3.8) is 0 Å². The number of aromatic nitrogens is 1. The molecule has 9 nitrogen and oxygen atoms in total. The van der Waals surface area contributed by atoms with Gasteiger partial charge in [0.15, 0.2) is 16.6 Å². The van der Waals surface area contributed by atoms with Gasteiger partial charge in [-0.15, -0.1) is 11.3 Å². The highest BCUT2D eigenvalue weighted by molar-refractivity contribution is 7.14. The van der Waals surface area contributed by atoms with E-state index >= 15 is 0 Å². The van der Waals surface area contributed by atoms with Crippen molar-refractivity contribution in [2.45, 2.75) is 6.92 Å². The number of carbonyl (C=O) groups excluding carboxylic acids is 2. The molecule has 0 fully saturated rings. The molecule has 1 aromatic carbocycles. The van der Waals surface area contributed by atoms with Crippen LogP contribution < -0.4 is 24.8 Å². The Kier molecular flexibility index (Phi) is 8.22. The number of nitrogens with zero attached hydrogens (tertiary/aromatic N) is 2. The predicted octanol–water partition coefficient (Wildman–Crippen LogP) is 2.10. The van der Waals surface area contributed by atoms with Gasteiger partial charge in [0.2, 0.25) is 0 Å². The van der Waals surface area contributed by atoms with Crippen LogP contribution in [0.15, 0.2) is 17.5 Å². The van der Waals surface area contributed by atoms with E-state index in [0.717, 1.165) is 6.54 Å². The fraction of sp³-hybridized carbons (Fsp3) is 0.421. The van der Waals surface area contributed by atoms with Crippen LogP contribution in [0.5, 0.6) is 17.2 Å².